The molecule has 0 radical (unpaired) electrons. The maximum atomic E-state index is 13.7. The van der Waals surface area contributed by atoms with E-state index in [1.807, 2.05) is 56.3 Å². The van der Waals surface area contributed by atoms with Crippen molar-refractivity contribution in [2.45, 2.75) is 76.4 Å². The number of aldehydes is 1. The van der Waals surface area contributed by atoms with Gasteiger partial charge in [0.2, 0.25) is 12.3 Å². The standard InChI is InChI=1S/C22H27FN2O.C7H13NO.C3H7NO/c1-16-9-6-7-14-20(16)21(22(26)24-18-11-4-3-5-12-18)25(2)19-13-8-10-17(23)15-19;1-8-5-3-2-4-7(8)6-9;1-4(2)3-5/h6-10,13-15,18,21H,3-5,11-12H2,1-2H3,(H,24,26);6-7H,2-5H2,1H3;3H,1-2H3. The fourth-order valence-electron chi connectivity index (χ4n) is 5.06. The molecule has 1 N–H and O–H groups in total. The molecule has 7 nitrogen and oxygen atoms in total. The van der Waals surface area contributed by atoms with Gasteiger partial charge in [-0.2, -0.15) is 0 Å². The fraction of sp³-hybridized carbons (Fsp3) is 0.531. The summed E-state index contributed by atoms with van der Waals surface area (Å²) in [5.41, 5.74) is 2.70. The molecule has 0 spiro atoms. The van der Waals surface area contributed by atoms with Gasteiger partial charge in [0, 0.05) is 32.9 Å². The Bertz CT molecular complexity index is 1060. The number of hydrogen-bond acceptors (Lipinski definition) is 5. The number of carbonyl (C=O) groups is 3. The molecule has 2 fully saturated rings. The van der Waals surface area contributed by atoms with Gasteiger partial charge < -0.3 is 19.9 Å². The van der Waals surface area contributed by atoms with Crippen molar-refractivity contribution in [1.82, 2.24) is 15.1 Å². The Balaban J connectivity index is 0.000000329. The van der Waals surface area contributed by atoms with E-state index in [2.05, 4.69) is 10.2 Å². The molecule has 2 unspecified atom stereocenters. The molecule has 2 atom stereocenters. The fourth-order valence-corrected chi connectivity index (χ4v) is 5.06. The predicted molar refractivity (Wildman–Crippen MR) is 160 cm³/mol. The van der Waals surface area contributed by atoms with E-state index in [9.17, 15) is 18.8 Å². The Kier molecular flexibility index (Phi) is 14.4. The zero-order chi connectivity index (χ0) is 29.5. The topological polar surface area (TPSA) is 73.0 Å². The predicted octanol–water partition coefficient (Wildman–Crippen LogP) is 5.13. The quantitative estimate of drug-likeness (QED) is 0.480. The highest BCUT2D eigenvalue weighted by atomic mass is 19.1. The summed E-state index contributed by atoms with van der Waals surface area (Å²) in [4.78, 5) is 38.4. The third-order valence-corrected chi connectivity index (χ3v) is 7.48. The third kappa shape index (κ3) is 10.7. The van der Waals surface area contributed by atoms with Crippen LogP contribution in [0.15, 0.2) is 48.5 Å². The summed E-state index contributed by atoms with van der Waals surface area (Å²) in [6.07, 6.45) is 11.0. The number of piperidine rings is 1. The van der Waals surface area contributed by atoms with Crippen LogP contribution in [-0.2, 0) is 14.4 Å². The van der Waals surface area contributed by atoms with Crippen LogP contribution in [0.5, 0.6) is 0 Å². The number of hydrogen-bond donors (Lipinski definition) is 1. The molecular weight excluding hydrogens is 507 g/mol. The van der Waals surface area contributed by atoms with Crippen LogP contribution in [-0.4, -0.2) is 75.2 Å². The smallest absolute Gasteiger partial charge is 0.247 e. The molecule has 2 aromatic carbocycles. The second-order valence-electron chi connectivity index (χ2n) is 10.9. The minimum atomic E-state index is -0.486. The average Bonchev–Trinajstić information content (AvgIpc) is 2.95. The van der Waals surface area contributed by atoms with E-state index in [1.165, 1.54) is 49.1 Å². The van der Waals surface area contributed by atoms with Gasteiger partial charge in [-0.3, -0.25) is 14.5 Å². The van der Waals surface area contributed by atoms with Crippen LogP contribution in [0.2, 0.25) is 0 Å². The number of anilines is 1. The highest BCUT2D eigenvalue weighted by Crippen LogP contribution is 2.29. The minimum Gasteiger partial charge on any atom is -0.359 e. The molecule has 1 saturated carbocycles. The van der Waals surface area contributed by atoms with Crippen LogP contribution in [0.1, 0.15) is 68.5 Å². The van der Waals surface area contributed by atoms with Crippen LogP contribution < -0.4 is 10.2 Å². The van der Waals surface area contributed by atoms with Gasteiger partial charge in [-0.05, 0) is 75.5 Å². The number of halogens is 1. The molecule has 8 heteroatoms. The van der Waals surface area contributed by atoms with Crippen LogP contribution in [0.25, 0.3) is 0 Å². The van der Waals surface area contributed by atoms with Gasteiger partial charge in [0.25, 0.3) is 0 Å². The molecular formula is C32H47FN4O3. The first kappa shape index (κ1) is 32.9. The molecule has 2 aromatic rings. The first-order valence-corrected chi connectivity index (χ1v) is 14.3. The number of aryl methyl sites for hydroxylation is 1. The Hall–Kier alpha value is -3.26. The van der Waals surface area contributed by atoms with Gasteiger partial charge in [0.05, 0.1) is 6.04 Å². The molecule has 40 heavy (non-hydrogen) atoms. The van der Waals surface area contributed by atoms with Crippen molar-refractivity contribution in [2.24, 2.45) is 0 Å². The summed E-state index contributed by atoms with van der Waals surface area (Å²) in [7, 11) is 7.24. The lowest BCUT2D eigenvalue weighted by molar-refractivity contribution is -0.123. The molecule has 0 bridgehead atoms. The Morgan fingerprint density at radius 1 is 0.975 bits per heavy atom. The summed E-state index contributed by atoms with van der Waals surface area (Å²) >= 11 is 0. The van der Waals surface area contributed by atoms with Gasteiger partial charge >= 0.3 is 0 Å². The zero-order valence-corrected chi connectivity index (χ0v) is 24.8. The molecule has 2 amide bonds. The summed E-state index contributed by atoms with van der Waals surface area (Å²) in [5, 5.41) is 3.24. The third-order valence-electron chi connectivity index (χ3n) is 7.48. The summed E-state index contributed by atoms with van der Waals surface area (Å²) in [5.74, 6) is -0.316. The molecule has 220 valence electrons. The Morgan fingerprint density at radius 2 is 1.62 bits per heavy atom. The van der Waals surface area contributed by atoms with E-state index < -0.39 is 6.04 Å². The molecule has 1 aliphatic carbocycles. The number of nitrogens with one attached hydrogen (secondary N) is 1. The lowest BCUT2D eigenvalue weighted by Gasteiger charge is -2.33. The van der Waals surface area contributed by atoms with E-state index in [0.29, 0.717) is 5.69 Å². The molecule has 0 aromatic heterocycles. The molecule has 1 saturated heterocycles. The maximum Gasteiger partial charge on any atom is 0.247 e. The molecule has 4 rings (SSSR count). The van der Waals surface area contributed by atoms with Crippen LogP contribution >= 0.6 is 0 Å². The van der Waals surface area contributed by atoms with Crippen molar-refractivity contribution >= 4 is 24.3 Å². The van der Waals surface area contributed by atoms with Crippen molar-refractivity contribution in [3.63, 3.8) is 0 Å². The average molecular weight is 555 g/mol. The number of nitrogens with zero attached hydrogens (tertiary/aromatic N) is 3. The van der Waals surface area contributed by atoms with Crippen molar-refractivity contribution in [2.75, 3.05) is 39.6 Å². The van der Waals surface area contributed by atoms with E-state index in [-0.39, 0.29) is 23.8 Å². The second-order valence-corrected chi connectivity index (χ2v) is 10.9. The zero-order valence-electron chi connectivity index (χ0n) is 24.8. The molecule has 1 heterocycles. The SMILES string of the molecule is CN(C)C=O.CN1CCCCC1C=O.Cc1ccccc1C(C(=O)NC1CCCCC1)N(C)c1cccc(F)c1. The first-order valence-electron chi connectivity index (χ1n) is 14.3. The van der Waals surface area contributed by atoms with Crippen LogP contribution in [0.4, 0.5) is 10.1 Å². The van der Waals surface area contributed by atoms with Crippen molar-refractivity contribution < 1.29 is 18.8 Å². The number of amides is 2. The van der Waals surface area contributed by atoms with Gasteiger partial charge in [0.1, 0.15) is 18.1 Å². The summed E-state index contributed by atoms with van der Waals surface area (Å²) in [6, 6.07) is 14.3. The van der Waals surface area contributed by atoms with Gasteiger partial charge in [-0.1, -0.05) is 56.0 Å². The summed E-state index contributed by atoms with van der Waals surface area (Å²) in [6.45, 7) is 3.10. The highest BCUT2D eigenvalue weighted by molar-refractivity contribution is 5.87. The van der Waals surface area contributed by atoms with Gasteiger partial charge in [0.15, 0.2) is 0 Å². The van der Waals surface area contributed by atoms with Crippen LogP contribution in [0, 0.1) is 12.7 Å². The highest BCUT2D eigenvalue weighted by Gasteiger charge is 2.29. The van der Waals surface area contributed by atoms with E-state index in [0.717, 1.165) is 49.6 Å². The largest absolute Gasteiger partial charge is 0.359 e. The van der Waals surface area contributed by atoms with Crippen molar-refractivity contribution in [3.8, 4) is 0 Å². The second kappa shape index (κ2) is 17.4. The van der Waals surface area contributed by atoms with E-state index in [1.54, 1.807) is 20.2 Å². The number of rotatable bonds is 7. The van der Waals surface area contributed by atoms with E-state index in [4.69, 9.17) is 0 Å². The molecule has 2 aliphatic rings. The number of likely N-dealkylation sites (tertiary alicyclic amines) is 1. The number of carbonyl (C=O) groups excluding carboxylic acids is 3. The van der Waals surface area contributed by atoms with Gasteiger partial charge in [-0.25, -0.2) is 4.39 Å². The number of likely N-dealkylation sites (N-methyl/N-ethyl adjacent to an activating group) is 2. The minimum absolute atomic E-state index is 0.0158. The Labute approximate surface area is 239 Å². The lowest BCUT2D eigenvalue weighted by Crippen LogP contribution is -2.44. The maximum absolute atomic E-state index is 13.7. The number of benzene rings is 2. The first-order chi connectivity index (χ1) is 19.2. The van der Waals surface area contributed by atoms with Crippen molar-refractivity contribution in [1.29, 1.82) is 0 Å². The lowest BCUT2D eigenvalue weighted by atomic mass is 9.94. The Morgan fingerprint density at radius 3 is 2.17 bits per heavy atom. The molecule has 1 aliphatic heterocycles. The monoisotopic (exact) mass is 554 g/mol. The normalized spacial score (nSPS) is 18.1. The van der Waals surface area contributed by atoms with Gasteiger partial charge in [-0.15, -0.1) is 0 Å². The van der Waals surface area contributed by atoms with Crippen molar-refractivity contribution in [3.05, 3.63) is 65.5 Å². The summed E-state index contributed by atoms with van der Waals surface area (Å²) < 4.78 is 13.7. The van der Waals surface area contributed by atoms with Crippen LogP contribution in [0.3, 0.4) is 0 Å². The van der Waals surface area contributed by atoms with E-state index >= 15 is 0 Å².